The van der Waals surface area contributed by atoms with Crippen LogP contribution < -0.4 is 9.47 Å². The number of amidine groups is 1. The maximum atomic E-state index is 9.53. The minimum Gasteiger partial charge on any atom is -0.497 e. The molecule has 0 aromatic heterocycles. The molecule has 0 aliphatic carbocycles. The molecule has 0 saturated heterocycles. The fourth-order valence-electron chi connectivity index (χ4n) is 3.31. The molecule has 1 unspecified atom stereocenters. The molecule has 0 spiro atoms. The van der Waals surface area contributed by atoms with Crippen LogP contribution in [0.3, 0.4) is 0 Å². The molecule has 0 radical (unpaired) electrons. The van der Waals surface area contributed by atoms with Crippen LogP contribution >= 0.6 is 0 Å². The number of aliphatic imine (C=N–C) groups is 1. The molecule has 2 heterocycles. The molecule has 2 aromatic carbocycles. The Balaban J connectivity index is 2.01. The lowest BCUT2D eigenvalue weighted by molar-refractivity contribution is 0.414. The van der Waals surface area contributed by atoms with Crippen molar-refractivity contribution in [3.63, 3.8) is 0 Å². The molecule has 122 valence electrons. The van der Waals surface area contributed by atoms with Gasteiger partial charge in [-0.2, -0.15) is 10.3 Å². The van der Waals surface area contributed by atoms with Crippen molar-refractivity contribution in [3.05, 3.63) is 70.3 Å². The van der Waals surface area contributed by atoms with E-state index in [2.05, 4.69) is 11.1 Å². The summed E-state index contributed by atoms with van der Waals surface area (Å²) in [5.74, 6) is 1.51. The van der Waals surface area contributed by atoms with E-state index in [1.54, 1.807) is 7.11 Å². The number of fused-ring (bicyclic) bond motifs is 2. The summed E-state index contributed by atoms with van der Waals surface area (Å²) < 4.78 is 11.3. The number of hydrogen-bond acceptors (Lipinski definition) is 4. The summed E-state index contributed by atoms with van der Waals surface area (Å²) >= 11 is 0. The molecule has 1 N–H and O–H groups in total. The Morgan fingerprint density at radius 1 is 1.24 bits per heavy atom. The van der Waals surface area contributed by atoms with E-state index in [0.29, 0.717) is 17.2 Å². The molecule has 2 aliphatic heterocycles. The number of methoxy groups -OCH3 is 1. The Kier molecular flexibility index (Phi) is 3.40. The van der Waals surface area contributed by atoms with Gasteiger partial charge in [0.15, 0.2) is 5.84 Å². The first-order valence-electron chi connectivity index (χ1n) is 7.87. The van der Waals surface area contributed by atoms with Gasteiger partial charge in [-0.25, -0.2) is 0 Å². The van der Waals surface area contributed by atoms with E-state index < -0.39 is 0 Å². The Hall–Kier alpha value is -3.39. The highest BCUT2D eigenvalue weighted by atomic mass is 16.5. The van der Waals surface area contributed by atoms with Crippen molar-refractivity contribution in [1.82, 2.24) is 0 Å². The van der Waals surface area contributed by atoms with E-state index in [9.17, 15) is 5.26 Å². The van der Waals surface area contributed by atoms with Crippen molar-refractivity contribution in [3.8, 4) is 17.6 Å². The van der Waals surface area contributed by atoms with Crippen LogP contribution in [0.15, 0.2) is 58.6 Å². The molecule has 4 rings (SSSR count). The van der Waals surface area contributed by atoms with Crippen LogP contribution in [-0.4, -0.2) is 18.8 Å². The van der Waals surface area contributed by atoms with Gasteiger partial charge >= 0.3 is 0 Å². The number of aryl methyl sites for hydroxylation is 1. The smallest absolute Gasteiger partial charge is 0.226 e. The van der Waals surface area contributed by atoms with Gasteiger partial charge in [-0.3, -0.25) is 5.41 Å². The van der Waals surface area contributed by atoms with E-state index in [4.69, 9.17) is 14.9 Å². The molecule has 0 bridgehead atoms. The molecule has 2 aromatic rings. The van der Waals surface area contributed by atoms with Gasteiger partial charge in [0.05, 0.1) is 7.11 Å². The Labute approximate surface area is 145 Å². The molecule has 1 atom stereocenters. The SMILES string of the molecule is COc1cccc(C2C3=C(C#N)C(=N)N=C3Oc3cc(C)ccc32)c1. The zero-order chi connectivity index (χ0) is 17.6. The third-order valence-electron chi connectivity index (χ3n) is 4.46. The monoisotopic (exact) mass is 329 g/mol. The average molecular weight is 329 g/mol. The van der Waals surface area contributed by atoms with Crippen LogP contribution in [0, 0.1) is 23.7 Å². The number of nitrogens with one attached hydrogen (secondary N) is 1. The summed E-state index contributed by atoms with van der Waals surface area (Å²) in [6.07, 6.45) is 0. The predicted octanol–water partition coefficient (Wildman–Crippen LogP) is 3.74. The molecule has 2 aliphatic rings. The molecule has 5 nitrogen and oxygen atoms in total. The lowest BCUT2D eigenvalue weighted by atomic mass is 9.80. The second kappa shape index (κ2) is 5.60. The van der Waals surface area contributed by atoms with Crippen molar-refractivity contribution in [2.24, 2.45) is 4.99 Å². The van der Waals surface area contributed by atoms with Crippen LogP contribution in [-0.2, 0) is 0 Å². The first-order valence-corrected chi connectivity index (χ1v) is 7.87. The van der Waals surface area contributed by atoms with Crippen LogP contribution in [0.5, 0.6) is 11.5 Å². The minimum absolute atomic E-state index is 0.0510. The van der Waals surface area contributed by atoms with E-state index >= 15 is 0 Å². The van der Waals surface area contributed by atoms with Gasteiger partial charge in [0, 0.05) is 17.1 Å². The van der Waals surface area contributed by atoms with Crippen molar-refractivity contribution in [2.75, 3.05) is 7.11 Å². The average Bonchev–Trinajstić information content (AvgIpc) is 2.93. The van der Waals surface area contributed by atoms with Crippen LogP contribution in [0.4, 0.5) is 0 Å². The molecule has 0 saturated carbocycles. The summed E-state index contributed by atoms with van der Waals surface area (Å²) in [6.45, 7) is 1.99. The van der Waals surface area contributed by atoms with E-state index in [0.717, 1.165) is 22.4 Å². The van der Waals surface area contributed by atoms with Gasteiger partial charge in [-0.05, 0) is 36.2 Å². The summed E-state index contributed by atoms with van der Waals surface area (Å²) in [7, 11) is 1.62. The number of ether oxygens (including phenoxy) is 2. The first-order chi connectivity index (χ1) is 12.1. The number of nitrogens with zero attached hydrogens (tertiary/aromatic N) is 2. The van der Waals surface area contributed by atoms with E-state index in [-0.39, 0.29) is 17.3 Å². The largest absolute Gasteiger partial charge is 0.497 e. The van der Waals surface area contributed by atoms with Gasteiger partial charge in [0.25, 0.3) is 0 Å². The molecule has 25 heavy (non-hydrogen) atoms. The molecule has 0 fully saturated rings. The van der Waals surface area contributed by atoms with Gasteiger partial charge in [0.2, 0.25) is 5.90 Å². The Bertz CT molecular complexity index is 1010. The zero-order valence-electron chi connectivity index (χ0n) is 13.8. The van der Waals surface area contributed by atoms with Gasteiger partial charge < -0.3 is 9.47 Å². The number of benzene rings is 2. The molecule has 5 heteroatoms. The second-order valence-corrected chi connectivity index (χ2v) is 6.02. The number of hydrogen-bond donors (Lipinski definition) is 1. The van der Waals surface area contributed by atoms with Gasteiger partial charge in [-0.1, -0.05) is 24.3 Å². The van der Waals surface area contributed by atoms with Crippen molar-refractivity contribution < 1.29 is 9.47 Å². The van der Waals surface area contributed by atoms with E-state index in [1.165, 1.54) is 0 Å². The standard InChI is InChI=1S/C20H15N3O2/c1-11-6-7-14-16(8-11)25-20-18(15(10-21)19(22)23-20)17(14)12-4-3-5-13(9-12)24-2/h3-9,17,22H,1-2H3. The quantitative estimate of drug-likeness (QED) is 0.911. The summed E-state index contributed by atoms with van der Waals surface area (Å²) in [5.41, 5.74) is 3.91. The summed E-state index contributed by atoms with van der Waals surface area (Å²) in [4.78, 5) is 4.16. The summed E-state index contributed by atoms with van der Waals surface area (Å²) in [5, 5.41) is 17.5. The lowest BCUT2D eigenvalue weighted by Gasteiger charge is -2.28. The van der Waals surface area contributed by atoms with Crippen LogP contribution in [0.1, 0.15) is 22.6 Å². The first kappa shape index (κ1) is 15.2. The minimum atomic E-state index is -0.226. The predicted molar refractivity (Wildman–Crippen MR) is 94.4 cm³/mol. The maximum absolute atomic E-state index is 9.53. The van der Waals surface area contributed by atoms with Crippen molar-refractivity contribution in [2.45, 2.75) is 12.8 Å². The fraction of sp³-hybridized carbons (Fsp3) is 0.150. The van der Waals surface area contributed by atoms with Crippen LogP contribution in [0.2, 0.25) is 0 Å². The number of rotatable bonds is 2. The highest BCUT2D eigenvalue weighted by Gasteiger charge is 2.39. The van der Waals surface area contributed by atoms with Gasteiger partial charge in [-0.15, -0.1) is 0 Å². The van der Waals surface area contributed by atoms with Crippen molar-refractivity contribution >= 4 is 11.7 Å². The maximum Gasteiger partial charge on any atom is 0.226 e. The second-order valence-electron chi connectivity index (χ2n) is 6.02. The third-order valence-corrected chi connectivity index (χ3v) is 4.46. The Morgan fingerprint density at radius 2 is 2.08 bits per heavy atom. The highest BCUT2D eigenvalue weighted by molar-refractivity contribution is 6.21. The fourth-order valence-corrected chi connectivity index (χ4v) is 3.31. The molecular weight excluding hydrogens is 314 g/mol. The third kappa shape index (κ3) is 2.31. The van der Waals surface area contributed by atoms with Crippen LogP contribution in [0.25, 0.3) is 0 Å². The van der Waals surface area contributed by atoms with Crippen molar-refractivity contribution in [1.29, 1.82) is 10.7 Å². The Morgan fingerprint density at radius 3 is 2.84 bits per heavy atom. The lowest BCUT2D eigenvalue weighted by Crippen LogP contribution is -2.24. The topological polar surface area (TPSA) is 78.5 Å². The summed E-state index contributed by atoms with van der Waals surface area (Å²) in [6, 6.07) is 15.8. The molecule has 0 amide bonds. The highest BCUT2D eigenvalue weighted by Crippen LogP contribution is 2.46. The molecular formula is C20H15N3O2. The normalized spacial score (nSPS) is 18.0. The van der Waals surface area contributed by atoms with Gasteiger partial charge in [0.1, 0.15) is 23.1 Å². The van der Waals surface area contributed by atoms with E-state index in [1.807, 2.05) is 49.4 Å². The zero-order valence-corrected chi connectivity index (χ0v) is 13.8. The number of nitriles is 1.